The minimum atomic E-state index is -0.935. The lowest BCUT2D eigenvalue weighted by Crippen LogP contribution is -2.56. The van der Waals surface area contributed by atoms with E-state index in [1.54, 1.807) is 10.9 Å². The third kappa shape index (κ3) is 1.62. The number of nitrogens with zero attached hydrogens (tertiary/aromatic N) is 4. The van der Waals surface area contributed by atoms with Gasteiger partial charge in [0.1, 0.15) is 23.5 Å². The van der Waals surface area contributed by atoms with Crippen LogP contribution in [0.15, 0.2) is 12.7 Å². The monoisotopic (exact) mass is 292 g/mol. The second-order valence-electron chi connectivity index (χ2n) is 5.49. The van der Waals surface area contributed by atoms with Crippen LogP contribution >= 0.6 is 0 Å². The van der Waals surface area contributed by atoms with E-state index in [2.05, 4.69) is 20.3 Å². The number of aliphatic hydroxyl groups is 2. The van der Waals surface area contributed by atoms with E-state index in [1.807, 2.05) is 0 Å². The van der Waals surface area contributed by atoms with E-state index in [9.17, 15) is 10.2 Å². The van der Waals surface area contributed by atoms with E-state index < -0.39 is 17.9 Å². The molecule has 4 heterocycles. The summed E-state index contributed by atoms with van der Waals surface area (Å²) in [5.41, 5.74) is 5.89. The largest absolute Gasteiger partial charge is 0.393 e. The predicted octanol–water partition coefficient (Wildman–Crippen LogP) is -1.61. The number of hydrogen-bond donors (Lipinski definition) is 4. The number of nitrogens with one attached hydrogen (secondary N) is 1. The SMILES string of the molecule is Nc1ncnc2c1ncn2[C@@H]1O[C@@]2(CO)CCN[C@@H]1[C@@H]2O. The third-order valence-electron chi connectivity index (χ3n) is 4.40. The quantitative estimate of drug-likeness (QED) is 0.520. The predicted molar refractivity (Wildman–Crippen MR) is 72.1 cm³/mol. The highest BCUT2D eigenvalue weighted by Crippen LogP contribution is 2.42. The van der Waals surface area contributed by atoms with Gasteiger partial charge in [0.05, 0.1) is 19.0 Å². The van der Waals surface area contributed by atoms with Crippen LogP contribution < -0.4 is 11.1 Å². The smallest absolute Gasteiger partial charge is 0.167 e. The highest BCUT2D eigenvalue weighted by molar-refractivity contribution is 5.81. The molecule has 9 heteroatoms. The molecule has 112 valence electrons. The van der Waals surface area contributed by atoms with Gasteiger partial charge in [-0.2, -0.15) is 0 Å². The van der Waals surface area contributed by atoms with Crippen LogP contribution in [0, 0.1) is 0 Å². The molecule has 2 aliphatic rings. The number of rotatable bonds is 2. The minimum Gasteiger partial charge on any atom is -0.393 e. The number of imidazole rings is 1. The summed E-state index contributed by atoms with van der Waals surface area (Å²) in [4.78, 5) is 12.3. The summed E-state index contributed by atoms with van der Waals surface area (Å²) in [5.74, 6) is 0.296. The van der Waals surface area contributed by atoms with Gasteiger partial charge in [-0.15, -0.1) is 0 Å². The molecule has 0 aliphatic carbocycles. The van der Waals surface area contributed by atoms with Crippen molar-refractivity contribution in [3.63, 3.8) is 0 Å². The van der Waals surface area contributed by atoms with Gasteiger partial charge in [0.15, 0.2) is 17.7 Å². The Morgan fingerprint density at radius 1 is 1.48 bits per heavy atom. The summed E-state index contributed by atoms with van der Waals surface area (Å²) >= 11 is 0. The van der Waals surface area contributed by atoms with Gasteiger partial charge in [0.2, 0.25) is 0 Å². The second-order valence-corrected chi connectivity index (χ2v) is 5.49. The van der Waals surface area contributed by atoms with Gasteiger partial charge in [-0.3, -0.25) is 4.57 Å². The summed E-state index contributed by atoms with van der Waals surface area (Å²) in [6.45, 7) is 0.440. The normalized spacial score (nSPS) is 35.4. The van der Waals surface area contributed by atoms with E-state index in [1.165, 1.54) is 6.33 Å². The van der Waals surface area contributed by atoms with Crippen molar-refractivity contribution in [3.8, 4) is 0 Å². The molecule has 0 saturated carbocycles. The Labute approximate surface area is 119 Å². The van der Waals surface area contributed by atoms with Crippen molar-refractivity contribution in [2.45, 2.75) is 30.4 Å². The average molecular weight is 292 g/mol. The Morgan fingerprint density at radius 3 is 3.10 bits per heavy atom. The van der Waals surface area contributed by atoms with Gasteiger partial charge < -0.3 is 26.0 Å². The molecule has 2 aliphatic heterocycles. The lowest BCUT2D eigenvalue weighted by atomic mass is 9.88. The van der Waals surface area contributed by atoms with Crippen molar-refractivity contribution < 1.29 is 14.9 Å². The average Bonchev–Trinajstić information content (AvgIpc) is 2.96. The van der Waals surface area contributed by atoms with Crippen LogP contribution in [-0.2, 0) is 4.74 Å². The number of nitrogens with two attached hydrogens (primary N) is 1. The lowest BCUT2D eigenvalue weighted by molar-refractivity contribution is -0.129. The van der Waals surface area contributed by atoms with Gasteiger partial charge in [-0.1, -0.05) is 0 Å². The molecular weight excluding hydrogens is 276 g/mol. The first kappa shape index (κ1) is 12.9. The maximum absolute atomic E-state index is 10.4. The zero-order valence-electron chi connectivity index (χ0n) is 11.2. The van der Waals surface area contributed by atoms with Crippen LogP contribution in [0.4, 0.5) is 5.82 Å². The minimum absolute atomic E-state index is 0.230. The number of fused-ring (bicyclic) bond motifs is 3. The van der Waals surface area contributed by atoms with E-state index >= 15 is 0 Å². The molecule has 0 spiro atoms. The highest BCUT2D eigenvalue weighted by Gasteiger charge is 2.57. The summed E-state index contributed by atoms with van der Waals surface area (Å²) in [5, 5.41) is 23.3. The standard InChI is InChI=1S/C12H16N6O3/c13-9-7-10(16-4-15-9)18(5-17-7)11-6-8(20)12(3-19,21-11)1-2-14-6/h4-6,8,11,14,19-20H,1-3H2,(H2,13,15,16)/t6-,8+,11-,12-/m1/s1. The van der Waals surface area contributed by atoms with Gasteiger partial charge in [0.25, 0.3) is 0 Å². The second kappa shape index (κ2) is 4.34. The zero-order valence-corrected chi connectivity index (χ0v) is 11.2. The van der Waals surface area contributed by atoms with E-state index in [-0.39, 0.29) is 12.6 Å². The first-order valence-electron chi connectivity index (χ1n) is 6.79. The van der Waals surface area contributed by atoms with Crippen molar-refractivity contribution in [2.75, 3.05) is 18.9 Å². The van der Waals surface area contributed by atoms with Gasteiger partial charge in [-0.05, 0) is 13.0 Å². The fourth-order valence-corrected chi connectivity index (χ4v) is 3.23. The molecule has 0 radical (unpaired) electrons. The topological polar surface area (TPSA) is 131 Å². The van der Waals surface area contributed by atoms with Crippen LogP contribution in [0.2, 0.25) is 0 Å². The van der Waals surface area contributed by atoms with Crippen LogP contribution in [-0.4, -0.2) is 60.6 Å². The van der Waals surface area contributed by atoms with Gasteiger partial charge >= 0.3 is 0 Å². The van der Waals surface area contributed by atoms with Crippen LogP contribution in [0.25, 0.3) is 11.2 Å². The third-order valence-corrected chi connectivity index (χ3v) is 4.40. The molecule has 0 amide bonds. The summed E-state index contributed by atoms with van der Waals surface area (Å²) in [7, 11) is 0. The van der Waals surface area contributed by atoms with Crippen LogP contribution in [0.3, 0.4) is 0 Å². The molecule has 21 heavy (non-hydrogen) atoms. The maximum Gasteiger partial charge on any atom is 0.167 e. The number of piperidine rings is 1. The molecule has 5 N–H and O–H groups in total. The Bertz CT molecular complexity index is 691. The highest BCUT2D eigenvalue weighted by atomic mass is 16.6. The van der Waals surface area contributed by atoms with E-state index in [0.29, 0.717) is 29.9 Å². The van der Waals surface area contributed by atoms with Crippen LogP contribution in [0.5, 0.6) is 0 Å². The number of aromatic nitrogens is 4. The Morgan fingerprint density at radius 2 is 2.33 bits per heavy atom. The number of anilines is 1. The van der Waals surface area contributed by atoms with Crippen molar-refractivity contribution in [3.05, 3.63) is 12.7 Å². The lowest BCUT2D eigenvalue weighted by Gasteiger charge is -2.34. The zero-order chi connectivity index (χ0) is 14.6. The number of hydrogen-bond acceptors (Lipinski definition) is 8. The van der Waals surface area contributed by atoms with Gasteiger partial charge in [0, 0.05) is 0 Å². The van der Waals surface area contributed by atoms with Crippen molar-refractivity contribution >= 4 is 17.0 Å². The Kier molecular flexibility index (Phi) is 2.67. The fourth-order valence-electron chi connectivity index (χ4n) is 3.23. The van der Waals surface area contributed by atoms with Crippen LogP contribution in [0.1, 0.15) is 12.6 Å². The summed E-state index contributed by atoms with van der Waals surface area (Å²) < 4.78 is 7.71. The molecule has 4 rings (SSSR count). The van der Waals surface area contributed by atoms with E-state index in [0.717, 1.165) is 0 Å². The maximum atomic E-state index is 10.4. The number of aliphatic hydroxyl groups excluding tert-OH is 2. The van der Waals surface area contributed by atoms with Crippen molar-refractivity contribution in [2.24, 2.45) is 0 Å². The molecular formula is C12H16N6O3. The fraction of sp³-hybridized carbons (Fsp3) is 0.583. The molecule has 0 aromatic carbocycles. The summed E-state index contributed by atoms with van der Waals surface area (Å²) in [6, 6.07) is -0.334. The molecule has 0 unspecified atom stereocenters. The Balaban J connectivity index is 1.81. The molecule has 4 atom stereocenters. The van der Waals surface area contributed by atoms with Gasteiger partial charge in [-0.25, -0.2) is 15.0 Å². The molecule has 2 aromatic rings. The number of nitrogen functional groups attached to an aromatic ring is 1. The van der Waals surface area contributed by atoms with E-state index in [4.69, 9.17) is 10.5 Å². The van der Waals surface area contributed by atoms with Crippen molar-refractivity contribution in [1.29, 1.82) is 0 Å². The van der Waals surface area contributed by atoms with Crippen molar-refractivity contribution in [1.82, 2.24) is 24.8 Å². The molecule has 9 nitrogen and oxygen atoms in total. The molecule has 2 bridgehead atoms. The molecule has 2 saturated heterocycles. The number of ether oxygens (including phenoxy) is 1. The first-order chi connectivity index (χ1) is 10.2. The molecule has 2 aromatic heterocycles. The Hall–Kier alpha value is -1.81. The summed E-state index contributed by atoms with van der Waals surface area (Å²) in [6.07, 6.45) is 2.18. The molecule has 2 fully saturated rings. The first-order valence-corrected chi connectivity index (χ1v) is 6.79.